The largest absolute Gasteiger partial charge is 0.341 e. The zero-order valence-electron chi connectivity index (χ0n) is 14.5. The van der Waals surface area contributed by atoms with Crippen molar-refractivity contribution in [2.75, 3.05) is 32.7 Å². The van der Waals surface area contributed by atoms with Crippen molar-refractivity contribution in [2.45, 2.75) is 70.4 Å². The summed E-state index contributed by atoms with van der Waals surface area (Å²) < 4.78 is 0. The van der Waals surface area contributed by atoms with Crippen LogP contribution >= 0.6 is 0 Å². The summed E-state index contributed by atoms with van der Waals surface area (Å²) in [5.41, 5.74) is 0. The topological polar surface area (TPSA) is 43.9 Å². The Morgan fingerprint density at radius 3 is 2.35 bits per heavy atom. The summed E-state index contributed by atoms with van der Waals surface area (Å²) in [4.78, 5) is 30.5. The molecule has 0 spiro atoms. The molecule has 0 aromatic carbocycles. The Balaban J connectivity index is 1.48. The molecule has 0 radical (unpaired) electrons. The lowest BCUT2D eigenvalue weighted by Crippen LogP contribution is -2.49. The van der Waals surface area contributed by atoms with E-state index in [0.717, 1.165) is 64.8 Å². The quantitative estimate of drug-likeness (QED) is 0.776. The van der Waals surface area contributed by atoms with Gasteiger partial charge in [-0.3, -0.25) is 9.59 Å². The summed E-state index contributed by atoms with van der Waals surface area (Å²) in [6.45, 7) is 6.71. The van der Waals surface area contributed by atoms with Gasteiger partial charge in [0, 0.05) is 51.6 Å². The van der Waals surface area contributed by atoms with Gasteiger partial charge < -0.3 is 14.7 Å². The molecular weight excluding hydrogens is 290 g/mol. The van der Waals surface area contributed by atoms with E-state index in [1.807, 2.05) is 4.90 Å². The highest BCUT2D eigenvalue weighted by Gasteiger charge is 2.33. The number of amides is 2. The van der Waals surface area contributed by atoms with Gasteiger partial charge in [0.1, 0.15) is 0 Å². The first-order chi connectivity index (χ1) is 11.1. The first-order valence-electron chi connectivity index (χ1n) is 9.44. The van der Waals surface area contributed by atoms with Crippen LogP contribution in [0.5, 0.6) is 0 Å². The normalized spacial score (nSPS) is 26.9. The summed E-state index contributed by atoms with van der Waals surface area (Å²) in [6.07, 6.45) is 8.80. The van der Waals surface area contributed by atoms with Gasteiger partial charge in [0.25, 0.3) is 0 Å². The summed E-state index contributed by atoms with van der Waals surface area (Å²) in [5.74, 6) is 0.584. The van der Waals surface area contributed by atoms with E-state index in [9.17, 15) is 9.59 Å². The van der Waals surface area contributed by atoms with Gasteiger partial charge in [0.05, 0.1) is 0 Å². The van der Waals surface area contributed by atoms with Gasteiger partial charge in [-0.15, -0.1) is 0 Å². The summed E-state index contributed by atoms with van der Waals surface area (Å²) in [5, 5.41) is 0. The highest BCUT2D eigenvalue weighted by atomic mass is 16.2. The van der Waals surface area contributed by atoms with Crippen molar-refractivity contribution in [2.24, 2.45) is 0 Å². The minimum atomic E-state index is 0.260. The maximum Gasteiger partial charge on any atom is 0.222 e. The average molecular weight is 321 g/mol. The lowest BCUT2D eigenvalue weighted by molar-refractivity contribution is -0.136. The van der Waals surface area contributed by atoms with Gasteiger partial charge in [-0.2, -0.15) is 0 Å². The maximum absolute atomic E-state index is 12.1. The third kappa shape index (κ3) is 4.06. The van der Waals surface area contributed by atoms with Crippen LogP contribution in [0.15, 0.2) is 0 Å². The molecule has 3 fully saturated rings. The fraction of sp³-hybridized carbons (Fsp3) is 0.889. The predicted molar refractivity (Wildman–Crippen MR) is 90.1 cm³/mol. The van der Waals surface area contributed by atoms with Crippen LogP contribution in [0.1, 0.15) is 58.3 Å². The van der Waals surface area contributed by atoms with E-state index in [1.165, 1.54) is 19.3 Å². The summed E-state index contributed by atoms with van der Waals surface area (Å²) in [6, 6.07) is 0.933. The van der Waals surface area contributed by atoms with Crippen molar-refractivity contribution >= 4 is 11.8 Å². The fourth-order valence-electron chi connectivity index (χ4n) is 4.32. The van der Waals surface area contributed by atoms with Crippen LogP contribution in [0, 0.1) is 0 Å². The van der Waals surface area contributed by atoms with Gasteiger partial charge in [0.2, 0.25) is 11.8 Å². The van der Waals surface area contributed by atoms with E-state index in [2.05, 4.69) is 9.80 Å². The van der Waals surface area contributed by atoms with E-state index in [0.29, 0.717) is 18.0 Å². The molecule has 130 valence electrons. The summed E-state index contributed by atoms with van der Waals surface area (Å²) in [7, 11) is 0. The Morgan fingerprint density at radius 1 is 1.00 bits per heavy atom. The molecule has 2 amide bonds. The lowest BCUT2D eigenvalue weighted by Gasteiger charge is -2.42. The molecule has 0 bridgehead atoms. The highest BCUT2D eigenvalue weighted by molar-refractivity contribution is 5.78. The standard InChI is InChI=1S/C18H31N3O2/c1-15(22)21(16-5-2-6-16)17-7-3-10-19(12-9-17)13-14-20-11-4-8-18(20)23/h16-17H,2-14H2,1H3/t17-/m0/s1. The molecule has 2 heterocycles. The first kappa shape index (κ1) is 16.7. The molecule has 5 heteroatoms. The molecular formula is C18H31N3O2. The summed E-state index contributed by atoms with van der Waals surface area (Å²) >= 11 is 0. The molecule has 3 rings (SSSR count). The predicted octanol–water partition coefficient (Wildman–Crippen LogP) is 1.86. The molecule has 3 aliphatic rings. The molecule has 1 saturated carbocycles. The molecule has 0 N–H and O–H groups in total. The minimum absolute atomic E-state index is 0.260. The fourth-order valence-corrected chi connectivity index (χ4v) is 4.32. The minimum Gasteiger partial charge on any atom is -0.341 e. The molecule has 1 atom stereocenters. The smallest absolute Gasteiger partial charge is 0.222 e. The zero-order valence-corrected chi connectivity index (χ0v) is 14.5. The van der Waals surface area contributed by atoms with Crippen molar-refractivity contribution in [3.63, 3.8) is 0 Å². The number of hydrogen-bond donors (Lipinski definition) is 0. The van der Waals surface area contributed by atoms with Gasteiger partial charge in [0.15, 0.2) is 0 Å². The Labute approximate surface area is 140 Å². The molecule has 2 saturated heterocycles. The second kappa shape index (κ2) is 7.65. The highest BCUT2D eigenvalue weighted by Crippen LogP contribution is 2.30. The Hall–Kier alpha value is -1.10. The Kier molecular flexibility index (Phi) is 5.57. The molecule has 23 heavy (non-hydrogen) atoms. The van der Waals surface area contributed by atoms with Crippen LogP contribution in [0.2, 0.25) is 0 Å². The van der Waals surface area contributed by atoms with Gasteiger partial charge >= 0.3 is 0 Å². The molecule has 5 nitrogen and oxygen atoms in total. The molecule has 0 aromatic heterocycles. The maximum atomic E-state index is 12.1. The number of likely N-dealkylation sites (tertiary alicyclic amines) is 2. The van der Waals surface area contributed by atoms with E-state index in [4.69, 9.17) is 0 Å². The number of carbonyl (C=O) groups excluding carboxylic acids is 2. The Morgan fingerprint density at radius 2 is 1.74 bits per heavy atom. The van der Waals surface area contributed by atoms with Crippen LogP contribution in [-0.4, -0.2) is 71.3 Å². The zero-order chi connectivity index (χ0) is 16.2. The molecule has 0 unspecified atom stereocenters. The second-order valence-corrected chi connectivity index (χ2v) is 7.42. The van der Waals surface area contributed by atoms with Crippen molar-refractivity contribution in [1.82, 2.24) is 14.7 Å². The van der Waals surface area contributed by atoms with Crippen LogP contribution < -0.4 is 0 Å². The van der Waals surface area contributed by atoms with Crippen molar-refractivity contribution < 1.29 is 9.59 Å². The second-order valence-electron chi connectivity index (χ2n) is 7.42. The third-order valence-corrected chi connectivity index (χ3v) is 5.87. The number of rotatable bonds is 5. The Bertz CT molecular complexity index is 436. The van der Waals surface area contributed by atoms with Crippen LogP contribution in [-0.2, 0) is 9.59 Å². The number of carbonyl (C=O) groups is 2. The monoisotopic (exact) mass is 321 g/mol. The van der Waals surface area contributed by atoms with Crippen molar-refractivity contribution in [3.8, 4) is 0 Å². The average Bonchev–Trinajstić information content (AvgIpc) is 2.74. The van der Waals surface area contributed by atoms with E-state index in [-0.39, 0.29) is 5.91 Å². The SMILES string of the molecule is CC(=O)N(C1CCC1)[C@H]1CCCN(CCN2CCCC2=O)CC1. The van der Waals surface area contributed by atoms with Gasteiger partial charge in [-0.1, -0.05) is 0 Å². The first-order valence-corrected chi connectivity index (χ1v) is 9.44. The number of hydrogen-bond acceptors (Lipinski definition) is 3. The lowest BCUT2D eigenvalue weighted by atomic mass is 9.89. The molecule has 1 aliphatic carbocycles. The van der Waals surface area contributed by atoms with E-state index >= 15 is 0 Å². The van der Waals surface area contributed by atoms with Gasteiger partial charge in [-0.05, 0) is 51.5 Å². The van der Waals surface area contributed by atoms with Crippen LogP contribution in [0.4, 0.5) is 0 Å². The molecule has 0 aromatic rings. The van der Waals surface area contributed by atoms with E-state index < -0.39 is 0 Å². The third-order valence-electron chi connectivity index (χ3n) is 5.87. The number of nitrogens with zero attached hydrogens (tertiary/aromatic N) is 3. The molecule has 2 aliphatic heterocycles. The van der Waals surface area contributed by atoms with Gasteiger partial charge in [-0.25, -0.2) is 0 Å². The van der Waals surface area contributed by atoms with Crippen molar-refractivity contribution in [1.29, 1.82) is 0 Å². The van der Waals surface area contributed by atoms with E-state index in [1.54, 1.807) is 6.92 Å². The van der Waals surface area contributed by atoms with Crippen LogP contribution in [0.25, 0.3) is 0 Å². The van der Waals surface area contributed by atoms with Crippen molar-refractivity contribution in [3.05, 3.63) is 0 Å². The van der Waals surface area contributed by atoms with Crippen LogP contribution in [0.3, 0.4) is 0 Å².